The molecular weight excluding hydrogens is 394 g/mol. The van der Waals surface area contributed by atoms with Crippen molar-refractivity contribution in [3.8, 4) is 0 Å². The Labute approximate surface area is 162 Å². The topological polar surface area (TPSA) is 62.6 Å². The molecule has 26 heavy (non-hydrogen) atoms. The predicted molar refractivity (Wildman–Crippen MR) is 108 cm³/mol. The van der Waals surface area contributed by atoms with E-state index >= 15 is 0 Å². The maximum absolute atomic E-state index is 12.4. The van der Waals surface area contributed by atoms with E-state index in [9.17, 15) is 9.59 Å². The number of aryl methyl sites for hydroxylation is 1. The highest BCUT2D eigenvalue weighted by molar-refractivity contribution is 9.10. The van der Waals surface area contributed by atoms with Crippen LogP contribution in [0.4, 0.5) is 11.4 Å². The molecule has 2 rings (SSSR count). The van der Waals surface area contributed by atoms with E-state index in [2.05, 4.69) is 26.6 Å². The molecule has 3 N–H and O–H groups in total. The van der Waals surface area contributed by atoms with Gasteiger partial charge in [0, 0.05) is 10.2 Å². The summed E-state index contributed by atoms with van der Waals surface area (Å²) in [5.41, 5.74) is 2.56. The molecule has 0 heterocycles. The van der Waals surface area contributed by atoms with Crippen molar-refractivity contribution in [3.05, 3.63) is 58.6 Å². The highest BCUT2D eigenvalue weighted by Gasteiger charge is 2.18. The zero-order valence-electron chi connectivity index (χ0n) is 15.1. The number of nitrogens with one attached hydrogen (secondary N) is 3. The molecule has 0 spiro atoms. The van der Waals surface area contributed by atoms with Gasteiger partial charge in [0.25, 0.3) is 11.8 Å². The van der Waals surface area contributed by atoms with E-state index in [4.69, 9.17) is 0 Å². The number of hydrogen-bond acceptors (Lipinski definition) is 2. The van der Waals surface area contributed by atoms with Crippen molar-refractivity contribution in [2.24, 2.45) is 0 Å². The van der Waals surface area contributed by atoms with Gasteiger partial charge in [0.1, 0.15) is 0 Å². The van der Waals surface area contributed by atoms with Crippen molar-refractivity contribution in [2.45, 2.75) is 20.3 Å². The second-order valence-electron chi connectivity index (χ2n) is 6.24. The van der Waals surface area contributed by atoms with E-state index < -0.39 is 0 Å². The zero-order chi connectivity index (χ0) is 18.9. The molecule has 6 heteroatoms. The second kappa shape index (κ2) is 10.1. The van der Waals surface area contributed by atoms with Crippen molar-refractivity contribution in [1.82, 2.24) is 0 Å². The number of para-hydroxylation sites is 2. The lowest BCUT2D eigenvalue weighted by Gasteiger charge is -2.18. The summed E-state index contributed by atoms with van der Waals surface area (Å²) in [5, 5.41) is 5.82. The molecule has 1 atom stereocenters. The van der Waals surface area contributed by atoms with Gasteiger partial charge in [0.15, 0.2) is 13.1 Å². The van der Waals surface area contributed by atoms with Crippen LogP contribution in [0.2, 0.25) is 0 Å². The van der Waals surface area contributed by atoms with Gasteiger partial charge in [-0.05, 0) is 53.0 Å². The SMILES string of the molecule is CCC[NH+](CC(=O)Nc1ccccc1C)CC(=O)Nc1ccccc1Br. The van der Waals surface area contributed by atoms with Gasteiger partial charge in [0.2, 0.25) is 0 Å². The molecular formula is C20H25BrN3O2+. The van der Waals surface area contributed by atoms with Crippen molar-refractivity contribution >= 4 is 39.1 Å². The summed E-state index contributed by atoms with van der Waals surface area (Å²) in [6, 6.07) is 15.1. The lowest BCUT2D eigenvalue weighted by Crippen LogP contribution is -3.14. The normalized spacial score (nSPS) is 11.7. The fourth-order valence-electron chi connectivity index (χ4n) is 2.71. The molecule has 0 aliphatic rings. The van der Waals surface area contributed by atoms with Crippen LogP contribution in [0.3, 0.4) is 0 Å². The molecule has 0 aliphatic heterocycles. The zero-order valence-corrected chi connectivity index (χ0v) is 16.7. The Bertz CT molecular complexity index is 703. The maximum Gasteiger partial charge on any atom is 0.279 e. The molecule has 138 valence electrons. The van der Waals surface area contributed by atoms with Gasteiger partial charge >= 0.3 is 0 Å². The molecule has 1 unspecified atom stereocenters. The summed E-state index contributed by atoms with van der Waals surface area (Å²) in [6.07, 6.45) is 0.898. The Morgan fingerprint density at radius 3 is 2.04 bits per heavy atom. The van der Waals surface area contributed by atoms with Crippen LogP contribution in [-0.2, 0) is 9.59 Å². The lowest BCUT2D eigenvalue weighted by atomic mass is 10.2. The molecule has 0 aliphatic carbocycles. The highest BCUT2D eigenvalue weighted by Crippen LogP contribution is 2.20. The molecule has 0 bridgehead atoms. The average Bonchev–Trinajstić information content (AvgIpc) is 2.59. The van der Waals surface area contributed by atoms with Crippen LogP contribution in [0.25, 0.3) is 0 Å². The first-order valence-electron chi connectivity index (χ1n) is 8.73. The van der Waals surface area contributed by atoms with Crippen molar-refractivity contribution in [2.75, 3.05) is 30.3 Å². The third-order valence-electron chi connectivity index (χ3n) is 3.99. The van der Waals surface area contributed by atoms with Crippen molar-refractivity contribution in [1.29, 1.82) is 0 Å². The molecule has 0 aromatic heterocycles. The largest absolute Gasteiger partial charge is 0.321 e. The summed E-state index contributed by atoms with van der Waals surface area (Å²) in [4.78, 5) is 25.7. The Balaban J connectivity index is 1.93. The van der Waals surface area contributed by atoms with Crippen molar-refractivity contribution < 1.29 is 14.5 Å². The van der Waals surface area contributed by atoms with Crippen molar-refractivity contribution in [3.63, 3.8) is 0 Å². The summed E-state index contributed by atoms with van der Waals surface area (Å²) in [5.74, 6) is -0.194. The molecule has 2 aromatic carbocycles. The molecule has 0 radical (unpaired) electrons. The monoisotopic (exact) mass is 418 g/mol. The van der Waals surface area contributed by atoms with Crippen LogP contribution in [-0.4, -0.2) is 31.4 Å². The second-order valence-corrected chi connectivity index (χ2v) is 7.10. The van der Waals surface area contributed by atoms with Crippen LogP contribution in [0.1, 0.15) is 18.9 Å². The summed E-state index contributed by atoms with van der Waals surface area (Å²) >= 11 is 3.42. The standard InChI is InChI=1S/C20H24BrN3O2/c1-3-12-24(13-19(25)22-17-10-6-4-8-15(17)2)14-20(26)23-18-11-7-5-9-16(18)21/h4-11H,3,12-14H2,1-2H3,(H,22,25)(H,23,26)/p+1. The summed E-state index contributed by atoms with van der Waals surface area (Å²) in [7, 11) is 0. The molecule has 0 fully saturated rings. The van der Waals surface area contributed by atoms with Crippen LogP contribution >= 0.6 is 15.9 Å². The molecule has 2 aromatic rings. The third kappa shape index (κ3) is 6.28. The van der Waals surface area contributed by atoms with E-state index in [0.717, 1.165) is 39.3 Å². The Morgan fingerprint density at radius 2 is 1.46 bits per heavy atom. The first-order valence-corrected chi connectivity index (χ1v) is 9.52. The fourth-order valence-corrected chi connectivity index (χ4v) is 3.10. The predicted octanol–water partition coefficient (Wildman–Crippen LogP) is 2.63. The summed E-state index contributed by atoms with van der Waals surface area (Å²) in [6.45, 7) is 5.26. The van der Waals surface area contributed by atoms with Gasteiger partial charge in [-0.15, -0.1) is 0 Å². The van der Waals surface area contributed by atoms with E-state index in [-0.39, 0.29) is 24.9 Å². The van der Waals surface area contributed by atoms with E-state index in [0.29, 0.717) is 0 Å². The maximum atomic E-state index is 12.4. The number of halogens is 1. The first-order chi connectivity index (χ1) is 12.5. The Hall–Kier alpha value is -2.18. The number of carbonyl (C=O) groups excluding carboxylic acids is 2. The minimum atomic E-state index is -0.107. The van der Waals surface area contributed by atoms with Gasteiger partial charge in [-0.2, -0.15) is 0 Å². The van der Waals surface area contributed by atoms with E-state index in [1.165, 1.54) is 0 Å². The van der Waals surface area contributed by atoms with E-state index in [1.54, 1.807) is 0 Å². The average molecular weight is 419 g/mol. The molecule has 0 saturated carbocycles. The van der Waals surface area contributed by atoms with Gasteiger partial charge in [0.05, 0.1) is 12.2 Å². The third-order valence-corrected chi connectivity index (χ3v) is 4.68. The highest BCUT2D eigenvalue weighted by atomic mass is 79.9. The number of rotatable bonds is 8. The number of quaternary nitrogens is 1. The minimum Gasteiger partial charge on any atom is -0.321 e. The van der Waals surface area contributed by atoms with Crippen LogP contribution in [0.15, 0.2) is 53.0 Å². The number of benzene rings is 2. The number of anilines is 2. The number of hydrogen-bond donors (Lipinski definition) is 3. The van der Waals surface area contributed by atoms with Gasteiger partial charge in [-0.3, -0.25) is 9.59 Å². The Kier molecular flexibility index (Phi) is 7.81. The fraction of sp³-hybridized carbons (Fsp3) is 0.300. The van der Waals surface area contributed by atoms with Crippen LogP contribution < -0.4 is 15.5 Å². The first kappa shape index (κ1) is 20.1. The van der Waals surface area contributed by atoms with E-state index in [1.807, 2.05) is 62.4 Å². The Morgan fingerprint density at radius 1 is 0.923 bits per heavy atom. The van der Waals surface area contributed by atoms with Gasteiger partial charge < -0.3 is 15.5 Å². The minimum absolute atomic E-state index is 0.0866. The van der Waals surface area contributed by atoms with Gasteiger partial charge in [-0.1, -0.05) is 37.3 Å². The smallest absolute Gasteiger partial charge is 0.279 e. The lowest BCUT2D eigenvalue weighted by molar-refractivity contribution is -0.883. The number of amides is 2. The summed E-state index contributed by atoms with van der Waals surface area (Å²) < 4.78 is 0.836. The van der Waals surface area contributed by atoms with Gasteiger partial charge in [-0.25, -0.2) is 0 Å². The van der Waals surface area contributed by atoms with Crippen LogP contribution in [0.5, 0.6) is 0 Å². The molecule has 5 nitrogen and oxygen atoms in total. The molecule has 2 amide bonds. The molecule has 0 saturated heterocycles. The quantitative estimate of drug-likeness (QED) is 0.616. The van der Waals surface area contributed by atoms with Crippen LogP contribution in [0, 0.1) is 6.92 Å². The number of carbonyl (C=O) groups is 2.